The summed E-state index contributed by atoms with van der Waals surface area (Å²) in [6.45, 7) is 12.0. The molecule has 4 nitrogen and oxygen atoms in total. The Morgan fingerprint density at radius 2 is 0.547 bits per heavy atom. The Bertz CT molecular complexity index is 1270. The van der Waals surface area contributed by atoms with E-state index >= 15 is 0 Å². The van der Waals surface area contributed by atoms with Gasteiger partial charge in [0.2, 0.25) is 0 Å². The van der Waals surface area contributed by atoms with Gasteiger partial charge in [0.05, 0.1) is 55.9 Å². The molecule has 0 spiro atoms. The highest BCUT2D eigenvalue weighted by atomic mass is 15.1. The molecule has 296 valence electrons. The first-order valence-corrected chi connectivity index (χ1v) is 20.3. The first-order valence-electron chi connectivity index (χ1n) is 20.3. The molecule has 53 heavy (non-hydrogen) atoms. The lowest BCUT2D eigenvalue weighted by Gasteiger charge is -2.13. The van der Waals surface area contributed by atoms with Gasteiger partial charge in [-0.25, -0.2) is 0 Å². The zero-order valence-corrected chi connectivity index (χ0v) is 35.7. The molecular formula is C49H84N4+4. The Kier molecular flexibility index (Phi) is 28.2. The second-order valence-electron chi connectivity index (χ2n) is 15.5. The molecule has 0 radical (unpaired) electrons. The zero-order valence-electron chi connectivity index (χ0n) is 35.7. The van der Waals surface area contributed by atoms with Crippen LogP contribution in [-0.2, 0) is 0 Å². The fourth-order valence-corrected chi connectivity index (χ4v) is 5.70. The van der Waals surface area contributed by atoms with Gasteiger partial charge in [-0.2, -0.15) is 0 Å². The van der Waals surface area contributed by atoms with Crippen LogP contribution >= 0.6 is 0 Å². The molecule has 4 rings (SSSR count). The first-order chi connectivity index (χ1) is 24.8. The van der Waals surface area contributed by atoms with Gasteiger partial charge in [0.1, 0.15) is 22.7 Å². The van der Waals surface area contributed by atoms with Crippen molar-refractivity contribution in [2.45, 2.75) is 113 Å². The van der Waals surface area contributed by atoms with Crippen molar-refractivity contribution in [3.05, 3.63) is 119 Å². The van der Waals surface area contributed by atoms with Crippen LogP contribution in [-0.4, -0.2) is 55.9 Å². The lowest BCUT2D eigenvalue weighted by atomic mass is 10.1. The quantitative estimate of drug-likeness (QED) is 0.0831. The molecule has 0 aromatic heterocycles. The summed E-state index contributed by atoms with van der Waals surface area (Å²) in [5.74, 6) is 0. The Morgan fingerprint density at radius 1 is 0.321 bits per heavy atom. The lowest BCUT2D eigenvalue weighted by Crippen LogP contribution is -3.03. The van der Waals surface area contributed by atoms with Gasteiger partial charge in [0, 0.05) is 0 Å². The number of quaternary nitrogens is 4. The van der Waals surface area contributed by atoms with E-state index in [1.54, 1.807) is 4.90 Å². The van der Waals surface area contributed by atoms with Gasteiger partial charge in [-0.15, -0.1) is 0 Å². The van der Waals surface area contributed by atoms with Crippen molar-refractivity contribution in [3.8, 4) is 0 Å². The number of aryl methyl sites for hydroxylation is 4. The van der Waals surface area contributed by atoms with Crippen LogP contribution in [0.1, 0.15) is 107 Å². The van der Waals surface area contributed by atoms with Crippen LogP contribution in [0.2, 0.25) is 0 Å². The van der Waals surface area contributed by atoms with Gasteiger partial charge in [0.15, 0.2) is 0 Å². The van der Waals surface area contributed by atoms with E-state index in [9.17, 15) is 0 Å². The SMILES string of the molecule is C.CCCCCCCCCCCCC[NH+](C)c1ccc(C)cc1.Cc1ccc([NH+](C)C)cc1.Cc1ccc([NH+](C)C)cc1.Cc1ccc([NH+](C)C)cc1. The van der Waals surface area contributed by atoms with E-state index in [1.807, 2.05) is 0 Å². The highest BCUT2D eigenvalue weighted by molar-refractivity contribution is 5.33. The largest absolute Gasteiger partial charge is 0.307 e. The Labute approximate surface area is 329 Å². The van der Waals surface area contributed by atoms with E-state index in [0.29, 0.717) is 0 Å². The van der Waals surface area contributed by atoms with E-state index in [0.717, 1.165) is 0 Å². The van der Waals surface area contributed by atoms with Crippen LogP contribution in [0.15, 0.2) is 97.1 Å². The van der Waals surface area contributed by atoms with Crippen LogP contribution in [0.25, 0.3) is 0 Å². The first kappa shape index (κ1) is 49.7. The molecule has 0 fully saturated rings. The van der Waals surface area contributed by atoms with Crippen molar-refractivity contribution < 1.29 is 19.6 Å². The van der Waals surface area contributed by atoms with E-state index in [-0.39, 0.29) is 7.43 Å². The van der Waals surface area contributed by atoms with Crippen LogP contribution in [0.5, 0.6) is 0 Å². The molecule has 1 atom stereocenters. The summed E-state index contributed by atoms with van der Waals surface area (Å²) in [4.78, 5) is 5.68. The van der Waals surface area contributed by atoms with Crippen molar-refractivity contribution >= 4 is 22.7 Å². The fourth-order valence-electron chi connectivity index (χ4n) is 5.70. The molecule has 4 aromatic carbocycles. The predicted molar refractivity (Wildman–Crippen MR) is 237 cm³/mol. The predicted octanol–water partition coefficient (Wildman–Crippen LogP) is 8.40. The number of nitrogens with one attached hydrogen (secondary N) is 4. The summed E-state index contributed by atoms with van der Waals surface area (Å²) in [7, 11) is 15.1. The highest BCUT2D eigenvalue weighted by Crippen LogP contribution is 2.11. The molecule has 4 aromatic rings. The standard InChI is InChI=1S/C21H37N.3C9H13N.CH4/c1-4-5-6-7-8-9-10-11-12-13-14-19-22(3)21-17-15-20(2)16-18-21;3*1-8-4-6-9(7-5-8)10(2)3;/h15-18H,4-14,19H2,1-3H3;3*4-7H,1-3H3;1H4/p+4. The summed E-state index contributed by atoms with van der Waals surface area (Å²) in [5, 5.41) is 0. The maximum absolute atomic E-state index is 2.29. The summed E-state index contributed by atoms with van der Waals surface area (Å²) >= 11 is 0. The number of hydrogen-bond donors (Lipinski definition) is 4. The van der Waals surface area contributed by atoms with Crippen molar-refractivity contribution in [2.75, 3.05) is 55.9 Å². The lowest BCUT2D eigenvalue weighted by molar-refractivity contribution is -0.810. The molecule has 0 heterocycles. The van der Waals surface area contributed by atoms with Crippen molar-refractivity contribution in [2.24, 2.45) is 0 Å². The third-order valence-corrected chi connectivity index (χ3v) is 9.59. The topological polar surface area (TPSA) is 17.8 Å². The van der Waals surface area contributed by atoms with Crippen LogP contribution in [0, 0.1) is 27.7 Å². The third kappa shape index (κ3) is 24.6. The fraction of sp³-hybridized carbons (Fsp3) is 0.510. The van der Waals surface area contributed by atoms with Gasteiger partial charge in [-0.1, -0.05) is 143 Å². The van der Waals surface area contributed by atoms with E-state index in [2.05, 4.69) is 181 Å². The molecular weight excluding hydrogens is 645 g/mol. The van der Waals surface area contributed by atoms with E-state index in [4.69, 9.17) is 0 Å². The summed E-state index contributed by atoms with van der Waals surface area (Å²) in [6.07, 6.45) is 15.7. The number of benzene rings is 4. The van der Waals surface area contributed by atoms with E-state index < -0.39 is 0 Å². The molecule has 4 N–H and O–H groups in total. The maximum atomic E-state index is 2.29. The minimum atomic E-state index is 0. The highest BCUT2D eigenvalue weighted by Gasteiger charge is 2.05. The van der Waals surface area contributed by atoms with Crippen LogP contribution in [0.3, 0.4) is 0 Å². The molecule has 0 bridgehead atoms. The monoisotopic (exact) mass is 729 g/mol. The van der Waals surface area contributed by atoms with Gasteiger partial charge in [-0.05, 0) is 89.1 Å². The Morgan fingerprint density at radius 3 is 0.792 bits per heavy atom. The second-order valence-corrected chi connectivity index (χ2v) is 15.5. The molecule has 0 aliphatic heterocycles. The zero-order chi connectivity index (χ0) is 38.7. The Balaban J connectivity index is 0.000000732. The van der Waals surface area contributed by atoms with Crippen molar-refractivity contribution in [3.63, 3.8) is 0 Å². The summed E-state index contributed by atoms with van der Waals surface area (Å²) in [5.41, 5.74) is 10.8. The molecule has 4 heteroatoms. The average Bonchev–Trinajstić information content (AvgIpc) is 3.12. The van der Waals surface area contributed by atoms with Gasteiger partial charge in [-0.3, -0.25) is 0 Å². The van der Waals surface area contributed by atoms with Crippen LogP contribution in [0.4, 0.5) is 22.7 Å². The second kappa shape index (κ2) is 30.1. The Hall–Kier alpha value is -3.28. The summed E-state index contributed by atoms with van der Waals surface area (Å²) in [6, 6.07) is 34.8. The maximum Gasteiger partial charge on any atom is 0.130 e. The van der Waals surface area contributed by atoms with E-state index in [1.165, 1.54) is 137 Å². The number of unbranched alkanes of at least 4 members (excludes halogenated alkanes) is 10. The van der Waals surface area contributed by atoms with Gasteiger partial charge < -0.3 is 19.6 Å². The van der Waals surface area contributed by atoms with Crippen molar-refractivity contribution in [1.29, 1.82) is 0 Å². The third-order valence-electron chi connectivity index (χ3n) is 9.59. The molecule has 0 aliphatic carbocycles. The van der Waals surface area contributed by atoms with Gasteiger partial charge >= 0.3 is 0 Å². The summed E-state index contributed by atoms with van der Waals surface area (Å²) < 4.78 is 0. The molecule has 0 amide bonds. The molecule has 1 unspecified atom stereocenters. The smallest absolute Gasteiger partial charge is 0.130 e. The van der Waals surface area contributed by atoms with Crippen LogP contribution < -0.4 is 19.6 Å². The molecule has 0 saturated heterocycles. The average molecular weight is 729 g/mol. The number of hydrogen-bond acceptors (Lipinski definition) is 0. The minimum Gasteiger partial charge on any atom is -0.307 e. The minimum absolute atomic E-state index is 0. The van der Waals surface area contributed by atoms with Crippen molar-refractivity contribution in [1.82, 2.24) is 0 Å². The molecule has 0 aliphatic rings. The molecule has 0 saturated carbocycles. The van der Waals surface area contributed by atoms with Gasteiger partial charge in [0.25, 0.3) is 0 Å². The normalized spacial score (nSPS) is 11.1. The number of rotatable bonds is 16.